The zero-order chi connectivity index (χ0) is 15.6. The molecule has 1 fully saturated rings. The van der Waals surface area contributed by atoms with Gasteiger partial charge < -0.3 is 0 Å². The highest BCUT2D eigenvalue weighted by atomic mass is 16.2. The molecule has 2 heteroatoms. The first-order valence-corrected chi connectivity index (χ1v) is 7.85. The Labute approximate surface area is 124 Å². The van der Waals surface area contributed by atoms with E-state index in [0.29, 0.717) is 18.3 Å². The molecule has 20 heavy (non-hydrogen) atoms. The third kappa shape index (κ3) is 4.29. The van der Waals surface area contributed by atoms with Crippen molar-refractivity contribution in [2.45, 2.75) is 67.2 Å². The van der Waals surface area contributed by atoms with Gasteiger partial charge in [0.05, 0.1) is 5.41 Å². The number of hydrogen-bond donors (Lipinski definition) is 0. The molecule has 0 unspecified atom stereocenters. The molecule has 0 N–H and O–H groups in total. The lowest BCUT2D eigenvalue weighted by atomic mass is 9.81. The van der Waals surface area contributed by atoms with E-state index in [0.717, 1.165) is 19.3 Å². The van der Waals surface area contributed by atoms with Crippen LogP contribution in [0.3, 0.4) is 0 Å². The van der Waals surface area contributed by atoms with Gasteiger partial charge in [-0.1, -0.05) is 47.6 Å². The Morgan fingerprint density at radius 3 is 2.10 bits per heavy atom. The molecule has 2 nitrogen and oxygen atoms in total. The van der Waals surface area contributed by atoms with Gasteiger partial charge in [0.2, 0.25) is 0 Å². The number of hydrogen-bond acceptors (Lipinski definition) is 2. The van der Waals surface area contributed by atoms with Crippen LogP contribution in [0.15, 0.2) is 12.2 Å². The van der Waals surface area contributed by atoms with Crippen molar-refractivity contribution >= 4 is 11.6 Å². The molecule has 0 aliphatic heterocycles. The molecule has 0 saturated heterocycles. The van der Waals surface area contributed by atoms with Gasteiger partial charge in [-0.25, -0.2) is 0 Å². The Morgan fingerprint density at radius 1 is 1.15 bits per heavy atom. The lowest BCUT2D eigenvalue weighted by molar-refractivity contribution is -0.132. The smallest absolute Gasteiger partial charge is 0.168 e. The minimum absolute atomic E-state index is 0.0300. The third-order valence-corrected chi connectivity index (χ3v) is 4.61. The number of rotatable bonds is 7. The van der Waals surface area contributed by atoms with Crippen LogP contribution in [0.25, 0.3) is 0 Å². The Bertz CT molecular complexity index is 392. The number of carbonyl (C=O) groups excluding carboxylic acids is 2. The van der Waals surface area contributed by atoms with Crippen LogP contribution in [0.2, 0.25) is 0 Å². The standard InChI is InChI=1S/C18H30O2/c1-13(2)7-9-15(19)18(11-12-18)16(20)10-8-14(3)17(4,5)6/h8,10,13-14H,7,9,11-12H2,1-6H3/b10-8+/t14-/m1/s1. The largest absolute Gasteiger partial charge is 0.299 e. The van der Waals surface area contributed by atoms with E-state index in [-0.39, 0.29) is 17.0 Å². The summed E-state index contributed by atoms with van der Waals surface area (Å²) in [6.45, 7) is 12.8. The SMILES string of the molecule is CC(C)CCC(=O)C1(C(=O)/C=C/[C@@H](C)C(C)(C)C)CC1. The minimum atomic E-state index is -0.650. The van der Waals surface area contributed by atoms with Crippen molar-refractivity contribution in [3.05, 3.63) is 12.2 Å². The van der Waals surface area contributed by atoms with Gasteiger partial charge in [0, 0.05) is 6.42 Å². The number of Topliss-reactive ketones (excluding diaryl/α,β-unsaturated/α-hetero) is 1. The van der Waals surface area contributed by atoms with E-state index in [4.69, 9.17) is 0 Å². The summed E-state index contributed by atoms with van der Waals surface area (Å²) in [5.74, 6) is 1.03. The second-order valence-corrected chi connectivity index (χ2v) is 7.82. The number of ketones is 2. The van der Waals surface area contributed by atoms with E-state index < -0.39 is 5.41 Å². The number of allylic oxidation sites excluding steroid dienone is 2. The van der Waals surface area contributed by atoms with Gasteiger partial charge in [-0.15, -0.1) is 0 Å². The normalized spacial score (nSPS) is 19.4. The molecular weight excluding hydrogens is 248 g/mol. The molecule has 0 radical (unpaired) electrons. The Morgan fingerprint density at radius 2 is 1.70 bits per heavy atom. The second-order valence-electron chi connectivity index (χ2n) is 7.82. The van der Waals surface area contributed by atoms with Gasteiger partial charge in [-0.3, -0.25) is 9.59 Å². The quantitative estimate of drug-likeness (QED) is 0.504. The van der Waals surface area contributed by atoms with Crippen LogP contribution < -0.4 is 0 Å². The molecular formula is C18H30O2. The molecule has 1 atom stereocenters. The molecule has 114 valence electrons. The van der Waals surface area contributed by atoms with Gasteiger partial charge in [0.15, 0.2) is 5.78 Å². The molecule has 0 heterocycles. The topological polar surface area (TPSA) is 34.1 Å². The average molecular weight is 278 g/mol. The van der Waals surface area contributed by atoms with E-state index in [1.165, 1.54) is 0 Å². The van der Waals surface area contributed by atoms with Crippen LogP contribution in [0, 0.1) is 22.7 Å². The van der Waals surface area contributed by atoms with Crippen molar-refractivity contribution in [1.82, 2.24) is 0 Å². The summed E-state index contributed by atoms with van der Waals surface area (Å²) >= 11 is 0. The van der Waals surface area contributed by atoms with Crippen LogP contribution in [0.1, 0.15) is 67.2 Å². The summed E-state index contributed by atoms with van der Waals surface area (Å²) in [6, 6.07) is 0. The van der Waals surface area contributed by atoms with E-state index in [9.17, 15) is 9.59 Å². The van der Waals surface area contributed by atoms with Crippen molar-refractivity contribution < 1.29 is 9.59 Å². The van der Waals surface area contributed by atoms with Crippen LogP contribution in [0.5, 0.6) is 0 Å². The molecule has 1 saturated carbocycles. The molecule has 0 aromatic carbocycles. The van der Waals surface area contributed by atoms with Crippen LogP contribution >= 0.6 is 0 Å². The maximum absolute atomic E-state index is 12.3. The van der Waals surface area contributed by atoms with Crippen molar-refractivity contribution in [2.75, 3.05) is 0 Å². The van der Waals surface area contributed by atoms with E-state index in [1.807, 2.05) is 6.08 Å². The molecule has 1 aliphatic rings. The molecule has 0 aromatic rings. The number of carbonyl (C=O) groups is 2. The zero-order valence-corrected chi connectivity index (χ0v) is 14.0. The van der Waals surface area contributed by atoms with Crippen molar-refractivity contribution in [3.8, 4) is 0 Å². The van der Waals surface area contributed by atoms with Crippen LogP contribution in [-0.2, 0) is 9.59 Å². The van der Waals surface area contributed by atoms with E-state index in [1.54, 1.807) is 6.08 Å². The highest BCUT2D eigenvalue weighted by molar-refractivity contribution is 6.14. The molecule has 0 aromatic heterocycles. The maximum Gasteiger partial charge on any atom is 0.168 e. The lowest BCUT2D eigenvalue weighted by Crippen LogP contribution is -2.25. The van der Waals surface area contributed by atoms with Gasteiger partial charge in [0.25, 0.3) is 0 Å². The first kappa shape index (κ1) is 17.1. The monoisotopic (exact) mass is 278 g/mol. The third-order valence-electron chi connectivity index (χ3n) is 4.61. The van der Waals surface area contributed by atoms with Gasteiger partial charge in [-0.2, -0.15) is 0 Å². The average Bonchev–Trinajstić information content (AvgIpc) is 3.12. The maximum atomic E-state index is 12.3. The van der Waals surface area contributed by atoms with E-state index in [2.05, 4.69) is 41.5 Å². The Kier molecular flexibility index (Phi) is 5.34. The molecule has 0 amide bonds. The first-order valence-electron chi connectivity index (χ1n) is 7.85. The second kappa shape index (κ2) is 6.24. The Hall–Kier alpha value is -0.920. The van der Waals surface area contributed by atoms with Crippen LogP contribution in [0.4, 0.5) is 0 Å². The Balaban J connectivity index is 2.63. The molecule has 1 rings (SSSR count). The zero-order valence-electron chi connectivity index (χ0n) is 14.0. The van der Waals surface area contributed by atoms with Gasteiger partial charge in [-0.05, 0) is 42.6 Å². The highest BCUT2D eigenvalue weighted by Crippen LogP contribution is 2.49. The van der Waals surface area contributed by atoms with Gasteiger partial charge in [0.1, 0.15) is 5.78 Å². The fourth-order valence-corrected chi connectivity index (χ4v) is 2.13. The van der Waals surface area contributed by atoms with Crippen molar-refractivity contribution in [3.63, 3.8) is 0 Å². The summed E-state index contributed by atoms with van der Waals surface area (Å²) in [5, 5.41) is 0. The minimum Gasteiger partial charge on any atom is -0.299 e. The predicted molar refractivity (Wildman–Crippen MR) is 83.5 cm³/mol. The van der Waals surface area contributed by atoms with Crippen LogP contribution in [-0.4, -0.2) is 11.6 Å². The first-order chi connectivity index (χ1) is 9.09. The van der Waals surface area contributed by atoms with E-state index >= 15 is 0 Å². The highest BCUT2D eigenvalue weighted by Gasteiger charge is 2.53. The summed E-state index contributed by atoms with van der Waals surface area (Å²) < 4.78 is 0. The fourth-order valence-electron chi connectivity index (χ4n) is 2.13. The summed E-state index contributed by atoms with van der Waals surface area (Å²) in [4.78, 5) is 24.6. The van der Waals surface area contributed by atoms with Crippen molar-refractivity contribution in [2.24, 2.45) is 22.7 Å². The summed E-state index contributed by atoms with van der Waals surface area (Å²) in [5.41, 5.74) is -0.502. The molecule has 0 bridgehead atoms. The predicted octanol–water partition coefficient (Wildman–Crippen LogP) is 4.58. The van der Waals surface area contributed by atoms with Crippen molar-refractivity contribution in [1.29, 1.82) is 0 Å². The summed E-state index contributed by atoms with van der Waals surface area (Å²) in [7, 11) is 0. The van der Waals surface area contributed by atoms with Gasteiger partial charge >= 0.3 is 0 Å². The molecule has 1 aliphatic carbocycles. The fraction of sp³-hybridized carbons (Fsp3) is 0.778. The lowest BCUT2D eigenvalue weighted by Gasteiger charge is -2.24. The summed E-state index contributed by atoms with van der Waals surface area (Å²) in [6.07, 6.45) is 6.56. The molecule has 0 spiro atoms.